The number of aromatic nitrogens is 2. The standard InChI is InChI=1S/C17H26N4O2/c1-12-8-13(2)21(19-12)10-15(22)20-7-3-6-17(11-20,16(18)23)9-14-4-5-14/h8,14H,3-7,9-11H2,1-2H3,(H2,18,23). The molecule has 1 aliphatic carbocycles. The van der Waals surface area contributed by atoms with Crippen LogP contribution in [0.3, 0.4) is 0 Å². The molecule has 1 saturated heterocycles. The second kappa shape index (κ2) is 5.98. The van der Waals surface area contributed by atoms with Crippen LogP contribution in [0, 0.1) is 25.2 Å². The van der Waals surface area contributed by atoms with Crippen LogP contribution in [0.15, 0.2) is 6.07 Å². The van der Waals surface area contributed by atoms with Gasteiger partial charge in [0, 0.05) is 18.8 Å². The predicted molar refractivity (Wildman–Crippen MR) is 86.5 cm³/mol. The lowest BCUT2D eigenvalue weighted by Gasteiger charge is -2.41. The van der Waals surface area contributed by atoms with E-state index in [4.69, 9.17) is 5.73 Å². The van der Waals surface area contributed by atoms with Crippen LogP contribution < -0.4 is 5.73 Å². The van der Waals surface area contributed by atoms with Gasteiger partial charge in [-0.25, -0.2) is 0 Å². The van der Waals surface area contributed by atoms with Crippen molar-refractivity contribution in [2.45, 2.75) is 52.5 Å². The molecule has 6 heteroatoms. The minimum Gasteiger partial charge on any atom is -0.369 e. The van der Waals surface area contributed by atoms with Gasteiger partial charge < -0.3 is 10.6 Å². The van der Waals surface area contributed by atoms with Gasteiger partial charge >= 0.3 is 0 Å². The molecule has 1 unspecified atom stereocenters. The Hall–Kier alpha value is -1.85. The van der Waals surface area contributed by atoms with E-state index >= 15 is 0 Å². The number of carbonyl (C=O) groups is 2. The Morgan fingerprint density at radius 2 is 2.13 bits per heavy atom. The van der Waals surface area contributed by atoms with Gasteiger partial charge in [-0.2, -0.15) is 5.10 Å². The lowest BCUT2D eigenvalue weighted by atomic mass is 9.75. The molecule has 6 nitrogen and oxygen atoms in total. The Balaban J connectivity index is 1.70. The normalized spacial score (nSPS) is 24.7. The molecule has 2 aliphatic rings. The summed E-state index contributed by atoms with van der Waals surface area (Å²) in [5.41, 5.74) is 7.09. The number of carbonyl (C=O) groups excluding carboxylic acids is 2. The summed E-state index contributed by atoms with van der Waals surface area (Å²) in [6, 6.07) is 1.96. The van der Waals surface area contributed by atoms with Crippen LogP contribution >= 0.6 is 0 Å². The van der Waals surface area contributed by atoms with Crippen LogP contribution in [-0.2, 0) is 16.1 Å². The summed E-state index contributed by atoms with van der Waals surface area (Å²) in [6.45, 7) is 5.28. The third-order valence-corrected chi connectivity index (χ3v) is 5.22. The molecule has 3 rings (SSSR count). The summed E-state index contributed by atoms with van der Waals surface area (Å²) in [6.07, 6.45) is 4.87. The molecule has 0 spiro atoms. The average molecular weight is 318 g/mol. The van der Waals surface area contributed by atoms with Crippen molar-refractivity contribution >= 4 is 11.8 Å². The zero-order valence-electron chi connectivity index (χ0n) is 14.0. The van der Waals surface area contributed by atoms with Crippen molar-refractivity contribution < 1.29 is 9.59 Å². The van der Waals surface area contributed by atoms with Crippen LogP contribution in [0.2, 0.25) is 0 Å². The molecule has 2 fully saturated rings. The highest BCUT2D eigenvalue weighted by Gasteiger charge is 2.45. The summed E-state index contributed by atoms with van der Waals surface area (Å²) in [4.78, 5) is 26.6. The number of rotatable bonds is 5. The molecule has 1 aliphatic heterocycles. The SMILES string of the molecule is Cc1cc(C)n(CC(=O)N2CCCC(CC3CC3)(C(N)=O)C2)n1. The first-order valence-corrected chi connectivity index (χ1v) is 8.48. The maximum absolute atomic E-state index is 12.7. The monoisotopic (exact) mass is 318 g/mol. The fourth-order valence-corrected chi connectivity index (χ4v) is 3.75. The molecule has 126 valence electrons. The number of hydrogen-bond acceptors (Lipinski definition) is 3. The van der Waals surface area contributed by atoms with Gasteiger partial charge in [0.2, 0.25) is 11.8 Å². The molecule has 23 heavy (non-hydrogen) atoms. The van der Waals surface area contributed by atoms with Crippen molar-refractivity contribution in [2.75, 3.05) is 13.1 Å². The zero-order valence-corrected chi connectivity index (χ0v) is 14.0. The van der Waals surface area contributed by atoms with Gasteiger partial charge in [-0.1, -0.05) is 12.8 Å². The molecule has 1 atom stereocenters. The van der Waals surface area contributed by atoms with E-state index in [9.17, 15) is 9.59 Å². The highest BCUT2D eigenvalue weighted by Crippen LogP contribution is 2.44. The molecule has 2 N–H and O–H groups in total. The summed E-state index contributed by atoms with van der Waals surface area (Å²) in [5, 5.41) is 4.35. The number of amides is 2. The third kappa shape index (κ3) is 3.41. The van der Waals surface area contributed by atoms with Crippen molar-refractivity contribution in [3.8, 4) is 0 Å². The predicted octanol–water partition coefficient (Wildman–Crippen LogP) is 1.39. The minimum absolute atomic E-state index is 0.0253. The fourth-order valence-electron chi connectivity index (χ4n) is 3.75. The van der Waals surface area contributed by atoms with Crippen molar-refractivity contribution in [3.05, 3.63) is 17.5 Å². The first kappa shape index (κ1) is 16.0. The summed E-state index contributed by atoms with van der Waals surface area (Å²) < 4.78 is 1.74. The lowest BCUT2D eigenvalue weighted by Crippen LogP contribution is -2.53. The van der Waals surface area contributed by atoms with Gasteiger partial charge in [-0.05, 0) is 45.1 Å². The van der Waals surface area contributed by atoms with Crippen molar-refractivity contribution in [3.63, 3.8) is 0 Å². The largest absolute Gasteiger partial charge is 0.369 e. The van der Waals surface area contributed by atoms with Gasteiger partial charge in [0.1, 0.15) is 6.54 Å². The number of likely N-dealkylation sites (tertiary alicyclic amines) is 1. The van der Waals surface area contributed by atoms with E-state index in [0.717, 1.165) is 30.7 Å². The number of nitrogens with two attached hydrogens (primary N) is 1. The van der Waals surface area contributed by atoms with Crippen LogP contribution in [-0.4, -0.2) is 39.6 Å². The Bertz CT molecular complexity index is 620. The van der Waals surface area contributed by atoms with E-state index in [1.807, 2.05) is 24.8 Å². The second-order valence-corrected chi connectivity index (χ2v) is 7.30. The number of nitrogens with zero attached hydrogens (tertiary/aromatic N) is 3. The number of piperidine rings is 1. The molecular formula is C17H26N4O2. The third-order valence-electron chi connectivity index (χ3n) is 5.22. The van der Waals surface area contributed by atoms with Gasteiger partial charge in [-0.3, -0.25) is 14.3 Å². The Labute approximate surface area is 137 Å². The maximum atomic E-state index is 12.7. The quantitative estimate of drug-likeness (QED) is 0.891. The van der Waals surface area contributed by atoms with Crippen LogP contribution in [0.5, 0.6) is 0 Å². The number of aryl methyl sites for hydroxylation is 2. The molecule has 2 amide bonds. The van der Waals surface area contributed by atoms with E-state index in [1.54, 1.807) is 4.68 Å². The van der Waals surface area contributed by atoms with Crippen molar-refractivity contribution in [2.24, 2.45) is 17.1 Å². The second-order valence-electron chi connectivity index (χ2n) is 7.30. The van der Waals surface area contributed by atoms with Gasteiger partial charge in [0.25, 0.3) is 0 Å². The van der Waals surface area contributed by atoms with E-state index in [-0.39, 0.29) is 18.4 Å². The van der Waals surface area contributed by atoms with Crippen molar-refractivity contribution in [1.82, 2.24) is 14.7 Å². The molecule has 0 aromatic carbocycles. The molecule has 1 aromatic rings. The molecule has 1 aromatic heterocycles. The molecular weight excluding hydrogens is 292 g/mol. The summed E-state index contributed by atoms with van der Waals surface area (Å²) in [5.74, 6) is 0.402. The van der Waals surface area contributed by atoms with Gasteiger partial charge in [-0.15, -0.1) is 0 Å². The van der Waals surface area contributed by atoms with E-state index in [0.29, 0.717) is 19.0 Å². The Morgan fingerprint density at radius 3 is 2.70 bits per heavy atom. The molecule has 0 radical (unpaired) electrons. The maximum Gasteiger partial charge on any atom is 0.244 e. The van der Waals surface area contributed by atoms with Crippen LogP contribution in [0.1, 0.15) is 43.5 Å². The van der Waals surface area contributed by atoms with E-state index < -0.39 is 5.41 Å². The Kier molecular flexibility index (Phi) is 4.17. The minimum atomic E-state index is -0.524. The molecule has 0 bridgehead atoms. The molecule has 1 saturated carbocycles. The average Bonchev–Trinajstić information content (AvgIpc) is 3.24. The topological polar surface area (TPSA) is 81.2 Å². The highest BCUT2D eigenvalue weighted by atomic mass is 16.2. The summed E-state index contributed by atoms with van der Waals surface area (Å²) in [7, 11) is 0. The van der Waals surface area contributed by atoms with Gasteiger partial charge in [0.05, 0.1) is 11.1 Å². The molecule has 2 heterocycles. The summed E-state index contributed by atoms with van der Waals surface area (Å²) >= 11 is 0. The first-order valence-electron chi connectivity index (χ1n) is 8.48. The van der Waals surface area contributed by atoms with E-state index in [1.165, 1.54) is 12.8 Å². The smallest absolute Gasteiger partial charge is 0.244 e. The number of hydrogen-bond donors (Lipinski definition) is 1. The number of primary amides is 1. The van der Waals surface area contributed by atoms with E-state index in [2.05, 4.69) is 5.10 Å². The lowest BCUT2D eigenvalue weighted by molar-refractivity contribution is -0.141. The highest BCUT2D eigenvalue weighted by molar-refractivity contribution is 5.83. The fraction of sp³-hybridized carbons (Fsp3) is 0.706. The van der Waals surface area contributed by atoms with Crippen LogP contribution in [0.4, 0.5) is 0 Å². The zero-order chi connectivity index (χ0) is 16.6. The van der Waals surface area contributed by atoms with Gasteiger partial charge in [0.15, 0.2) is 0 Å². The van der Waals surface area contributed by atoms with Crippen LogP contribution in [0.25, 0.3) is 0 Å². The Morgan fingerprint density at radius 1 is 1.39 bits per heavy atom. The first-order chi connectivity index (χ1) is 10.9. The van der Waals surface area contributed by atoms with Crippen molar-refractivity contribution in [1.29, 1.82) is 0 Å².